The van der Waals surface area contributed by atoms with Crippen molar-refractivity contribution in [3.63, 3.8) is 0 Å². The van der Waals surface area contributed by atoms with E-state index >= 15 is 0 Å². The van der Waals surface area contributed by atoms with Crippen LogP contribution in [0, 0.1) is 12.3 Å². The van der Waals surface area contributed by atoms with Gasteiger partial charge in [-0.2, -0.15) is 0 Å². The molecular formula is C14H18N2O4. The van der Waals surface area contributed by atoms with E-state index in [2.05, 4.69) is 5.32 Å². The minimum atomic E-state index is -1.12. The Balaban J connectivity index is 2.19. The zero-order valence-corrected chi connectivity index (χ0v) is 11.5. The number of amides is 1. The van der Waals surface area contributed by atoms with E-state index in [-0.39, 0.29) is 19.1 Å². The van der Waals surface area contributed by atoms with E-state index in [4.69, 9.17) is 10.5 Å². The highest BCUT2D eigenvalue weighted by atomic mass is 16.5. The first-order valence-corrected chi connectivity index (χ1v) is 6.33. The molecule has 1 aliphatic heterocycles. The number of nitrogen functional groups attached to an aromatic ring is 1. The number of rotatable bonds is 3. The van der Waals surface area contributed by atoms with Gasteiger partial charge in [0.25, 0.3) is 5.91 Å². The van der Waals surface area contributed by atoms with Gasteiger partial charge in [0, 0.05) is 5.69 Å². The summed E-state index contributed by atoms with van der Waals surface area (Å²) >= 11 is 0. The first-order valence-electron chi connectivity index (χ1n) is 6.33. The van der Waals surface area contributed by atoms with Crippen molar-refractivity contribution in [2.75, 3.05) is 18.9 Å². The van der Waals surface area contributed by atoms with Crippen LogP contribution in [0.25, 0.3) is 0 Å². The topological polar surface area (TPSA) is 102 Å². The van der Waals surface area contributed by atoms with Crippen molar-refractivity contribution in [2.24, 2.45) is 5.41 Å². The number of nitrogens with two attached hydrogens (primary N) is 1. The Morgan fingerprint density at radius 3 is 2.85 bits per heavy atom. The van der Waals surface area contributed by atoms with Crippen molar-refractivity contribution >= 4 is 17.6 Å². The third-order valence-corrected chi connectivity index (χ3v) is 3.70. The third kappa shape index (κ3) is 2.46. The number of benzene rings is 1. The van der Waals surface area contributed by atoms with Crippen molar-refractivity contribution in [1.82, 2.24) is 5.32 Å². The van der Waals surface area contributed by atoms with Crippen LogP contribution in [-0.4, -0.2) is 36.2 Å². The predicted octanol–water partition coefficient (Wildman–Crippen LogP) is 0.797. The number of carbonyl (C=O) groups is 2. The molecule has 108 valence electrons. The Morgan fingerprint density at radius 2 is 2.20 bits per heavy atom. The smallest absolute Gasteiger partial charge is 0.313 e. The Kier molecular flexibility index (Phi) is 3.67. The van der Waals surface area contributed by atoms with Crippen molar-refractivity contribution in [2.45, 2.75) is 19.9 Å². The summed E-state index contributed by atoms with van der Waals surface area (Å²) < 4.78 is 5.20. The van der Waals surface area contributed by atoms with Crippen LogP contribution in [0.1, 0.15) is 22.8 Å². The molecule has 2 atom stereocenters. The van der Waals surface area contributed by atoms with Crippen LogP contribution in [0.5, 0.6) is 0 Å². The van der Waals surface area contributed by atoms with Gasteiger partial charge in [0.1, 0.15) is 5.41 Å². The van der Waals surface area contributed by atoms with E-state index in [1.165, 1.54) is 0 Å². The van der Waals surface area contributed by atoms with Gasteiger partial charge in [0.05, 0.1) is 24.8 Å². The van der Waals surface area contributed by atoms with E-state index in [0.717, 1.165) is 5.56 Å². The average Bonchev–Trinajstić information content (AvgIpc) is 2.75. The van der Waals surface area contributed by atoms with Crippen LogP contribution < -0.4 is 11.1 Å². The van der Waals surface area contributed by atoms with Crippen LogP contribution in [-0.2, 0) is 9.53 Å². The highest BCUT2D eigenvalue weighted by Gasteiger charge is 2.47. The van der Waals surface area contributed by atoms with Crippen molar-refractivity contribution in [3.05, 3.63) is 29.3 Å². The summed E-state index contributed by atoms with van der Waals surface area (Å²) in [5, 5.41) is 12.0. The standard InChI is InChI=1S/C14H18N2O4/c1-8-3-4-10(15)9(5-8)12(17)16-11-6-20-7-14(11,2)13(18)19/h3-5,11H,6-7,15H2,1-2H3,(H,16,17)(H,18,19). The SMILES string of the molecule is Cc1ccc(N)c(C(=O)NC2COCC2(C)C(=O)O)c1. The molecule has 0 bridgehead atoms. The molecule has 6 heteroatoms. The van der Waals surface area contributed by atoms with Gasteiger partial charge in [-0.3, -0.25) is 9.59 Å². The van der Waals surface area contributed by atoms with E-state index in [1.54, 1.807) is 19.1 Å². The Bertz CT molecular complexity index is 558. The molecule has 0 saturated carbocycles. The molecule has 1 saturated heterocycles. The van der Waals surface area contributed by atoms with Gasteiger partial charge in [-0.25, -0.2) is 0 Å². The van der Waals surface area contributed by atoms with Gasteiger partial charge in [-0.1, -0.05) is 11.6 Å². The first-order chi connectivity index (χ1) is 9.34. The second-order valence-corrected chi connectivity index (χ2v) is 5.35. The monoisotopic (exact) mass is 278 g/mol. The fourth-order valence-corrected chi connectivity index (χ4v) is 2.19. The third-order valence-electron chi connectivity index (χ3n) is 3.70. The molecule has 1 heterocycles. The number of anilines is 1. The summed E-state index contributed by atoms with van der Waals surface area (Å²) in [6, 6.07) is 4.57. The van der Waals surface area contributed by atoms with Gasteiger partial charge in [0.15, 0.2) is 0 Å². The number of ether oxygens (including phenoxy) is 1. The number of hydrogen-bond acceptors (Lipinski definition) is 4. The summed E-state index contributed by atoms with van der Waals surface area (Å²) in [7, 11) is 0. The lowest BCUT2D eigenvalue weighted by molar-refractivity contribution is -0.148. The number of nitrogens with one attached hydrogen (secondary N) is 1. The minimum Gasteiger partial charge on any atom is -0.481 e. The van der Waals surface area contributed by atoms with Crippen molar-refractivity contribution < 1.29 is 19.4 Å². The average molecular weight is 278 g/mol. The molecule has 20 heavy (non-hydrogen) atoms. The maximum atomic E-state index is 12.2. The summed E-state index contributed by atoms with van der Waals surface area (Å²) in [6.45, 7) is 3.68. The number of carboxylic acid groups (broad SMARTS) is 1. The maximum Gasteiger partial charge on any atom is 0.313 e. The summed E-state index contributed by atoms with van der Waals surface area (Å²) in [5.41, 5.74) is 6.29. The van der Waals surface area contributed by atoms with Gasteiger partial charge in [0.2, 0.25) is 0 Å². The fourth-order valence-electron chi connectivity index (χ4n) is 2.19. The van der Waals surface area contributed by atoms with E-state index < -0.39 is 17.4 Å². The van der Waals surface area contributed by atoms with Crippen LogP contribution in [0.4, 0.5) is 5.69 Å². The molecule has 0 radical (unpaired) electrons. The van der Waals surface area contributed by atoms with E-state index in [1.807, 2.05) is 13.0 Å². The minimum absolute atomic E-state index is 0.0799. The first kappa shape index (κ1) is 14.3. The van der Waals surface area contributed by atoms with Crippen LogP contribution in [0.3, 0.4) is 0 Å². The van der Waals surface area contributed by atoms with Gasteiger partial charge in [-0.15, -0.1) is 0 Å². The maximum absolute atomic E-state index is 12.2. The molecule has 1 amide bonds. The van der Waals surface area contributed by atoms with Crippen LogP contribution in [0.2, 0.25) is 0 Å². The van der Waals surface area contributed by atoms with Crippen molar-refractivity contribution in [1.29, 1.82) is 0 Å². The summed E-state index contributed by atoms with van der Waals surface area (Å²) in [4.78, 5) is 23.6. The summed E-state index contributed by atoms with van der Waals surface area (Å²) in [5.74, 6) is -1.37. The molecule has 2 unspecified atom stereocenters. The van der Waals surface area contributed by atoms with Gasteiger partial charge in [-0.05, 0) is 26.0 Å². The number of aryl methyl sites for hydroxylation is 1. The molecule has 1 aromatic carbocycles. The molecule has 1 aliphatic rings. The highest BCUT2D eigenvalue weighted by Crippen LogP contribution is 2.29. The molecule has 1 aromatic rings. The quantitative estimate of drug-likeness (QED) is 0.710. The number of aliphatic carboxylic acids is 1. The molecule has 0 aliphatic carbocycles. The Morgan fingerprint density at radius 1 is 1.50 bits per heavy atom. The van der Waals surface area contributed by atoms with Crippen molar-refractivity contribution in [3.8, 4) is 0 Å². The van der Waals surface area contributed by atoms with Crippen LogP contribution in [0.15, 0.2) is 18.2 Å². The zero-order chi connectivity index (χ0) is 14.9. The Labute approximate surface area is 116 Å². The Hall–Kier alpha value is -2.08. The van der Waals surface area contributed by atoms with Gasteiger partial charge >= 0.3 is 5.97 Å². The fraction of sp³-hybridized carbons (Fsp3) is 0.429. The molecular weight excluding hydrogens is 260 g/mol. The molecule has 6 nitrogen and oxygen atoms in total. The van der Waals surface area contributed by atoms with E-state index in [9.17, 15) is 14.7 Å². The second-order valence-electron chi connectivity index (χ2n) is 5.35. The molecule has 0 aromatic heterocycles. The predicted molar refractivity (Wildman–Crippen MR) is 73.4 cm³/mol. The number of carbonyl (C=O) groups excluding carboxylic acids is 1. The summed E-state index contributed by atoms with van der Waals surface area (Å²) in [6.07, 6.45) is 0. The molecule has 0 spiro atoms. The lowest BCUT2D eigenvalue weighted by Crippen LogP contribution is -2.49. The largest absolute Gasteiger partial charge is 0.481 e. The number of carboxylic acids is 1. The number of hydrogen-bond donors (Lipinski definition) is 3. The molecule has 4 N–H and O–H groups in total. The van der Waals surface area contributed by atoms with Crippen LogP contribution >= 0.6 is 0 Å². The lowest BCUT2D eigenvalue weighted by Gasteiger charge is -2.25. The molecule has 1 fully saturated rings. The molecule has 2 rings (SSSR count). The van der Waals surface area contributed by atoms with Gasteiger partial charge < -0.3 is 20.9 Å². The van der Waals surface area contributed by atoms with E-state index in [0.29, 0.717) is 11.3 Å². The second kappa shape index (κ2) is 5.13. The lowest BCUT2D eigenvalue weighted by atomic mass is 9.85. The zero-order valence-electron chi connectivity index (χ0n) is 11.5. The highest BCUT2D eigenvalue weighted by molar-refractivity contribution is 5.99. The normalized spacial score (nSPS) is 25.4.